The maximum absolute atomic E-state index is 5.30. The SMILES string of the molecule is CCn1c(C2CCN(c3nc(C(C)(C)C)ns3)CC2)n[nH]c1=S. The zero-order valence-electron chi connectivity index (χ0n) is 14.2. The van der Waals surface area contributed by atoms with E-state index >= 15 is 0 Å². The Labute approximate surface area is 146 Å². The van der Waals surface area contributed by atoms with Crippen molar-refractivity contribution in [1.82, 2.24) is 24.1 Å². The molecule has 0 saturated carbocycles. The molecule has 1 aliphatic rings. The fourth-order valence-electron chi connectivity index (χ4n) is 2.92. The van der Waals surface area contributed by atoms with Crippen LogP contribution in [0.5, 0.6) is 0 Å². The first-order valence-electron chi connectivity index (χ1n) is 8.14. The molecule has 8 heteroatoms. The molecule has 0 bridgehead atoms. The van der Waals surface area contributed by atoms with Gasteiger partial charge in [-0.15, -0.1) is 0 Å². The van der Waals surface area contributed by atoms with Crippen LogP contribution in [0, 0.1) is 4.77 Å². The molecule has 2 aromatic rings. The fraction of sp³-hybridized carbons (Fsp3) is 0.733. The minimum Gasteiger partial charge on any atom is -0.347 e. The van der Waals surface area contributed by atoms with E-state index < -0.39 is 0 Å². The molecule has 126 valence electrons. The summed E-state index contributed by atoms with van der Waals surface area (Å²) in [4.78, 5) is 7.08. The first kappa shape index (κ1) is 16.6. The number of hydrogen-bond acceptors (Lipinski definition) is 6. The van der Waals surface area contributed by atoms with Crippen molar-refractivity contribution in [2.45, 2.75) is 58.4 Å². The standard InChI is InChI=1S/C15H24N6S2/c1-5-21-11(17-18-13(21)22)10-6-8-20(9-7-10)14-16-12(19-23-14)15(2,3)4/h10H,5-9H2,1-4H3,(H,18,22). The largest absolute Gasteiger partial charge is 0.347 e. The number of nitrogens with one attached hydrogen (secondary N) is 1. The summed E-state index contributed by atoms with van der Waals surface area (Å²) in [5.74, 6) is 2.51. The van der Waals surface area contributed by atoms with Crippen molar-refractivity contribution in [3.05, 3.63) is 16.4 Å². The van der Waals surface area contributed by atoms with Crippen molar-refractivity contribution in [2.75, 3.05) is 18.0 Å². The highest BCUT2D eigenvalue weighted by Gasteiger charge is 2.27. The van der Waals surface area contributed by atoms with E-state index in [1.54, 1.807) is 0 Å². The lowest BCUT2D eigenvalue weighted by Crippen LogP contribution is -2.33. The number of nitrogens with zero attached hydrogens (tertiary/aromatic N) is 5. The van der Waals surface area contributed by atoms with E-state index in [1.807, 2.05) is 0 Å². The molecule has 1 fully saturated rings. The molecule has 3 heterocycles. The minimum absolute atomic E-state index is 0.00857. The van der Waals surface area contributed by atoms with E-state index in [0.717, 1.165) is 54.0 Å². The van der Waals surface area contributed by atoms with Gasteiger partial charge in [0.1, 0.15) is 11.6 Å². The Morgan fingerprint density at radius 1 is 1.30 bits per heavy atom. The lowest BCUT2D eigenvalue weighted by molar-refractivity contribution is 0.465. The van der Waals surface area contributed by atoms with Crippen LogP contribution >= 0.6 is 23.8 Å². The summed E-state index contributed by atoms with van der Waals surface area (Å²) in [5.41, 5.74) is 0.00857. The second-order valence-corrected chi connectivity index (χ2v) is 8.16. The van der Waals surface area contributed by atoms with Crippen LogP contribution in [0.4, 0.5) is 5.13 Å². The molecular formula is C15H24N6S2. The lowest BCUT2D eigenvalue weighted by atomic mass is 9.96. The van der Waals surface area contributed by atoms with Crippen LogP contribution < -0.4 is 4.90 Å². The van der Waals surface area contributed by atoms with Gasteiger partial charge in [-0.3, -0.25) is 5.10 Å². The van der Waals surface area contributed by atoms with Gasteiger partial charge < -0.3 is 9.47 Å². The normalized spacial score (nSPS) is 17.0. The third-order valence-corrected chi connectivity index (χ3v) is 5.41. The Morgan fingerprint density at radius 2 is 2.00 bits per heavy atom. The topological polar surface area (TPSA) is 62.6 Å². The van der Waals surface area contributed by atoms with Gasteiger partial charge in [0.15, 0.2) is 4.77 Å². The average Bonchev–Trinajstić information content (AvgIpc) is 3.13. The third kappa shape index (κ3) is 3.33. The molecule has 0 atom stereocenters. The van der Waals surface area contributed by atoms with Gasteiger partial charge in [0.25, 0.3) is 0 Å². The van der Waals surface area contributed by atoms with E-state index in [9.17, 15) is 0 Å². The molecule has 0 aromatic carbocycles. The van der Waals surface area contributed by atoms with E-state index in [4.69, 9.17) is 17.2 Å². The summed E-state index contributed by atoms with van der Waals surface area (Å²) in [5, 5.41) is 8.42. The number of aromatic nitrogens is 5. The van der Waals surface area contributed by atoms with Crippen LogP contribution in [0.25, 0.3) is 0 Å². The Kier molecular flexibility index (Phi) is 4.55. The van der Waals surface area contributed by atoms with Crippen molar-refractivity contribution in [2.24, 2.45) is 0 Å². The first-order chi connectivity index (χ1) is 10.9. The van der Waals surface area contributed by atoms with Crippen molar-refractivity contribution < 1.29 is 0 Å². The van der Waals surface area contributed by atoms with Gasteiger partial charge in [-0.2, -0.15) is 9.47 Å². The van der Waals surface area contributed by atoms with Crippen LogP contribution in [-0.4, -0.2) is 37.2 Å². The highest BCUT2D eigenvalue weighted by molar-refractivity contribution is 7.71. The summed E-state index contributed by atoms with van der Waals surface area (Å²) in [6.07, 6.45) is 2.15. The van der Waals surface area contributed by atoms with Gasteiger partial charge in [-0.1, -0.05) is 20.8 Å². The summed E-state index contributed by atoms with van der Waals surface area (Å²) < 4.78 is 7.36. The Balaban J connectivity index is 1.69. The molecule has 23 heavy (non-hydrogen) atoms. The molecule has 0 unspecified atom stereocenters. The molecule has 1 saturated heterocycles. The van der Waals surface area contributed by atoms with Crippen molar-refractivity contribution >= 4 is 28.9 Å². The predicted molar refractivity (Wildman–Crippen MR) is 95.9 cm³/mol. The Hall–Kier alpha value is -1.28. The predicted octanol–water partition coefficient (Wildman–Crippen LogP) is 3.49. The highest BCUT2D eigenvalue weighted by Crippen LogP contribution is 2.31. The van der Waals surface area contributed by atoms with Gasteiger partial charge in [-0.25, -0.2) is 4.98 Å². The molecular weight excluding hydrogens is 328 g/mol. The Bertz CT molecular complexity index is 715. The second kappa shape index (κ2) is 6.32. The number of hydrogen-bond donors (Lipinski definition) is 1. The quantitative estimate of drug-likeness (QED) is 0.857. The van der Waals surface area contributed by atoms with Crippen molar-refractivity contribution in [3.63, 3.8) is 0 Å². The monoisotopic (exact) mass is 352 g/mol. The smallest absolute Gasteiger partial charge is 0.205 e. The van der Waals surface area contributed by atoms with Crippen LogP contribution in [0.3, 0.4) is 0 Å². The fourth-order valence-corrected chi connectivity index (χ4v) is 4.10. The van der Waals surface area contributed by atoms with Gasteiger partial charge >= 0.3 is 0 Å². The van der Waals surface area contributed by atoms with Gasteiger partial charge in [-0.05, 0) is 32.0 Å². The van der Waals surface area contributed by atoms with E-state index in [2.05, 4.69) is 51.7 Å². The van der Waals surface area contributed by atoms with Gasteiger partial charge in [0.2, 0.25) is 5.13 Å². The van der Waals surface area contributed by atoms with Crippen molar-refractivity contribution in [3.8, 4) is 0 Å². The second-order valence-electron chi connectivity index (χ2n) is 7.04. The number of aromatic amines is 1. The number of anilines is 1. The first-order valence-corrected chi connectivity index (χ1v) is 9.32. The number of rotatable bonds is 3. The minimum atomic E-state index is 0.00857. The number of piperidine rings is 1. The van der Waals surface area contributed by atoms with Crippen molar-refractivity contribution in [1.29, 1.82) is 0 Å². The Morgan fingerprint density at radius 3 is 2.57 bits per heavy atom. The van der Waals surface area contributed by atoms with Crippen LogP contribution in [0.2, 0.25) is 0 Å². The van der Waals surface area contributed by atoms with Crippen LogP contribution in [0.15, 0.2) is 0 Å². The van der Waals surface area contributed by atoms with Gasteiger partial charge in [0, 0.05) is 42.5 Å². The third-order valence-electron chi connectivity index (χ3n) is 4.32. The van der Waals surface area contributed by atoms with Gasteiger partial charge in [0.05, 0.1) is 0 Å². The van der Waals surface area contributed by atoms with Crippen LogP contribution in [0.1, 0.15) is 58.1 Å². The molecule has 1 N–H and O–H groups in total. The maximum atomic E-state index is 5.30. The summed E-state index contributed by atoms with van der Waals surface area (Å²) in [6, 6.07) is 0. The summed E-state index contributed by atoms with van der Waals surface area (Å²) in [7, 11) is 0. The van der Waals surface area contributed by atoms with E-state index in [1.165, 1.54) is 11.5 Å². The zero-order valence-corrected chi connectivity index (χ0v) is 15.8. The molecule has 1 aliphatic heterocycles. The average molecular weight is 353 g/mol. The molecule has 6 nitrogen and oxygen atoms in total. The maximum Gasteiger partial charge on any atom is 0.205 e. The zero-order chi connectivity index (χ0) is 16.6. The number of H-pyrrole nitrogens is 1. The highest BCUT2D eigenvalue weighted by atomic mass is 32.1. The van der Waals surface area contributed by atoms with Crippen LogP contribution in [-0.2, 0) is 12.0 Å². The lowest BCUT2D eigenvalue weighted by Gasteiger charge is -2.31. The molecule has 2 aromatic heterocycles. The van der Waals surface area contributed by atoms with E-state index in [-0.39, 0.29) is 5.41 Å². The molecule has 0 spiro atoms. The summed E-state index contributed by atoms with van der Waals surface area (Å²) >= 11 is 6.81. The molecule has 0 radical (unpaired) electrons. The molecule has 0 aliphatic carbocycles. The molecule has 3 rings (SSSR count). The molecule has 0 amide bonds. The summed E-state index contributed by atoms with van der Waals surface area (Å²) in [6.45, 7) is 11.4. The van der Waals surface area contributed by atoms with E-state index in [0.29, 0.717) is 5.92 Å².